The maximum atomic E-state index is 13.5. The largest absolute Gasteiger partial charge is 0.411 e. The molecule has 0 aliphatic heterocycles. The summed E-state index contributed by atoms with van der Waals surface area (Å²) >= 11 is 1.02. The SMILES string of the molecule is O=C(CSc1nnc(-c2ccccc2)o1)Nc1ccc(F)cc1F. The van der Waals surface area contributed by atoms with E-state index in [1.165, 1.54) is 0 Å². The Morgan fingerprint density at radius 3 is 2.67 bits per heavy atom. The molecule has 0 unspecified atom stereocenters. The first-order chi connectivity index (χ1) is 11.6. The van der Waals surface area contributed by atoms with Crippen molar-refractivity contribution in [2.45, 2.75) is 5.22 Å². The Morgan fingerprint density at radius 2 is 1.92 bits per heavy atom. The molecule has 5 nitrogen and oxygen atoms in total. The van der Waals surface area contributed by atoms with E-state index in [9.17, 15) is 13.6 Å². The van der Waals surface area contributed by atoms with E-state index < -0.39 is 17.5 Å². The lowest BCUT2D eigenvalue weighted by molar-refractivity contribution is -0.113. The monoisotopic (exact) mass is 347 g/mol. The molecule has 0 radical (unpaired) electrons. The average molecular weight is 347 g/mol. The Hall–Kier alpha value is -2.74. The lowest BCUT2D eigenvalue weighted by atomic mass is 10.2. The van der Waals surface area contributed by atoms with Crippen molar-refractivity contribution < 1.29 is 18.0 Å². The van der Waals surface area contributed by atoms with Gasteiger partial charge in [0.25, 0.3) is 5.22 Å². The van der Waals surface area contributed by atoms with E-state index in [0.717, 1.165) is 29.5 Å². The quantitative estimate of drug-likeness (QED) is 0.712. The summed E-state index contributed by atoms with van der Waals surface area (Å²) in [5.41, 5.74) is 0.687. The number of nitrogens with one attached hydrogen (secondary N) is 1. The van der Waals surface area contributed by atoms with Gasteiger partial charge in [0, 0.05) is 11.6 Å². The highest BCUT2D eigenvalue weighted by atomic mass is 32.2. The van der Waals surface area contributed by atoms with Crippen LogP contribution in [-0.2, 0) is 4.79 Å². The highest BCUT2D eigenvalue weighted by Gasteiger charge is 2.12. The number of carbonyl (C=O) groups is 1. The minimum Gasteiger partial charge on any atom is -0.411 e. The molecule has 0 aliphatic carbocycles. The fourth-order valence-electron chi connectivity index (χ4n) is 1.87. The summed E-state index contributed by atoms with van der Waals surface area (Å²) in [6.45, 7) is 0. The first kappa shape index (κ1) is 16.1. The van der Waals surface area contributed by atoms with E-state index >= 15 is 0 Å². The second kappa shape index (κ2) is 7.22. The van der Waals surface area contributed by atoms with E-state index in [4.69, 9.17) is 4.42 Å². The number of hydrogen-bond donors (Lipinski definition) is 1. The van der Waals surface area contributed by atoms with Gasteiger partial charge in [-0.15, -0.1) is 10.2 Å². The van der Waals surface area contributed by atoms with Crippen LogP contribution >= 0.6 is 11.8 Å². The van der Waals surface area contributed by atoms with Crippen molar-refractivity contribution in [2.75, 3.05) is 11.1 Å². The van der Waals surface area contributed by atoms with Crippen molar-refractivity contribution in [1.29, 1.82) is 0 Å². The molecule has 1 amide bonds. The molecular formula is C16H11F2N3O2S. The number of carbonyl (C=O) groups excluding carboxylic acids is 1. The molecule has 2 aromatic carbocycles. The third-order valence-electron chi connectivity index (χ3n) is 2.96. The summed E-state index contributed by atoms with van der Waals surface area (Å²) in [4.78, 5) is 11.8. The molecule has 1 heterocycles. The molecule has 122 valence electrons. The van der Waals surface area contributed by atoms with Crippen LogP contribution in [0.3, 0.4) is 0 Å². The van der Waals surface area contributed by atoms with Crippen molar-refractivity contribution >= 4 is 23.4 Å². The van der Waals surface area contributed by atoms with Gasteiger partial charge in [0.1, 0.15) is 11.6 Å². The van der Waals surface area contributed by atoms with Gasteiger partial charge in [-0.25, -0.2) is 8.78 Å². The first-order valence-electron chi connectivity index (χ1n) is 6.88. The Labute approximate surface area is 140 Å². The number of hydrogen-bond acceptors (Lipinski definition) is 5. The zero-order chi connectivity index (χ0) is 16.9. The van der Waals surface area contributed by atoms with Gasteiger partial charge in [-0.1, -0.05) is 30.0 Å². The van der Waals surface area contributed by atoms with Gasteiger partial charge in [0.2, 0.25) is 11.8 Å². The summed E-state index contributed by atoms with van der Waals surface area (Å²) in [6, 6.07) is 12.1. The minimum atomic E-state index is -0.836. The molecule has 0 fully saturated rings. The molecular weight excluding hydrogens is 336 g/mol. The number of thioether (sulfide) groups is 1. The third kappa shape index (κ3) is 3.96. The van der Waals surface area contributed by atoms with Crippen LogP contribution in [0.5, 0.6) is 0 Å². The lowest BCUT2D eigenvalue weighted by Gasteiger charge is -2.05. The van der Waals surface area contributed by atoms with Gasteiger partial charge >= 0.3 is 0 Å². The lowest BCUT2D eigenvalue weighted by Crippen LogP contribution is -2.15. The van der Waals surface area contributed by atoms with Crippen LogP contribution in [0.4, 0.5) is 14.5 Å². The van der Waals surface area contributed by atoms with E-state index in [1.807, 2.05) is 30.3 Å². The van der Waals surface area contributed by atoms with Crippen LogP contribution in [0.25, 0.3) is 11.5 Å². The van der Waals surface area contributed by atoms with Crippen LogP contribution < -0.4 is 5.32 Å². The fraction of sp³-hybridized carbons (Fsp3) is 0.0625. The van der Waals surface area contributed by atoms with E-state index in [2.05, 4.69) is 15.5 Å². The van der Waals surface area contributed by atoms with Gasteiger partial charge in [0.15, 0.2) is 0 Å². The van der Waals surface area contributed by atoms with E-state index in [0.29, 0.717) is 12.0 Å². The van der Waals surface area contributed by atoms with Crippen LogP contribution in [0.1, 0.15) is 0 Å². The topological polar surface area (TPSA) is 68.0 Å². The second-order valence-corrected chi connectivity index (χ2v) is 5.63. The number of anilines is 1. The molecule has 0 aliphatic rings. The van der Waals surface area contributed by atoms with Crippen LogP contribution in [0.2, 0.25) is 0 Å². The number of nitrogens with zero attached hydrogens (tertiary/aromatic N) is 2. The van der Waals surface area contributed by atoms with Crippen molar-refractivity contribution in [3.63, 3.8) is 0 Å². The molecule has 1 aromatic heterocycles. The summed E-state index contributed by atoms with van der Waals surface area (Å²) in [5.74, 6) is -1.71. The van der Waals surface area contributed by atoms with Gasteiger partial charge in [0.05, 0.1) is 11.4 Å². The zero-order valence-corrected chi connectivity index (χ0v) is 13.0. The van der Waals surface area contributed by atoms with Crippen molar-refractivity contribution in [3.8, 4) is 11.5 Å². The van der Waals surface area contributed by atoms with Gasteiger partial charge in [-0.3, -0.25) is 4.79 Å². The fourth-order valence-corrected chi connectivity index (χ4v) is 2.43. The summed E-state index contributed by atoms with van der Waals surface area (Å²) in [6.07, 6.45) is 0. The molecule has 0 atom stereocenters. The molecule has 0 bridgehead atoms. The van der Waals surface area contributed by atoms with Crippen molar-refractivity contribution in [3.05, 3.63) is 60.2 Å². The number of benzene rings is 2. The number of aromatic nitrogens is 2. The highest BCUT2D eigenvalue weighted by Crippen LogP contribution is 2.23. The summed E-state index contributed by atoms with van der Waals surface area (Å²) in [5, 5.41) is 10.3. The smallest absolute Gasteiger partial charge is 0.277 e. The Morgan fingerprint density at radius 1 is 1.12 bits per heavy atom. The molecule has 3 rings (SSSR count). The molecule has 1 N–H and O–H groups in total. The summed E-state index contributed by atoms with van der Waals surface area (Å²) in [7, 11) is 0. The maximum absolute atomic E-state index is 13.5. The van der Waals surface area contributed by atoms with Crippen LogP contribution in [-0.4, -0.2) is 21.9 Å². The molecule has 24 heavy (non-hydrogen) atoms. The zero-order valence-electron chi connectivity index (χ0n) is 12.2. The molecule has 0 saturated heterocycles. The number of amides is 1. The highest BCUT2D eigenvalue weighted by molar-refractivity contribution is 7.99. The normalized spacial score (nSPS) is 10.6. The maximum Gasteiger partial charge on any atom is 0.277 e. The third-order valence-corrected chi connectivity index (χ3v) is 3.78. The van der Waals surface area contributed by atoms with E-state index in [-0.39, 0.29) is 16.7 Å². The molecule has 0 saturated carbocycles. The van der Waals surface area contributed by atoms with Gasteiger partial charge in [-0.2, -0.15) is 0 Å². The van der Waals surface area contributed by atoms with Gasteiger partial charge < -0.3 is 9.73 Å². The molecule has 3 aromatic rings. The minimum absolute atomic E-state index is 0.0484. The van der Waals surface area contributed by atoms with Crippen LogP contribution in [0, 0.1) is 11.6 Å². The number of halogens is 2. The Kier molecular flexibility index (Phi) is 4.85. The summed E-state index contributed by atoms with van der Waals surface area (Å²) < 4.78 is 31.7. The molecule has 8 heteroatoms. The predicted octanol–water partition coefficient (Wildman–Crippen LogP) is 3.75. The first-order valence-corrected chi connectivity index (χ1v) is 7.87. The average Bonchev–Trinajstić information content (AvgIpc) is 3.05. The standard InChI is InChI=1S/C16H11F2N3O2S/c17-11-6-7-13(12(18)8-11)19-14(22)9-24-16-21-20-15(23-16)10-4-2-1-3-5-10/h1-8H,9H2,(H,19,22). The van der Waals surface area contributed by atoms with Crippen LogP contribution in [0.15, 0.2) is 58.2 Å². The Balaban J connectivity index is 1.58. The number of rotatable bonds is 5. The Bertz CT molecular complexity index is 856. The van der Waals surface area contributed by atoms with Crippen molar-refractivity contribution in [1.82, 2.24) is 10.2 Å². The second-order valence-electron chi connectivity index (χ2n) is 4.70. The van der Waals surface area contributed by atoms with Gasteiger partial charge in [-0.05, 0) is 24.3 Å². The molecule has 0 spiro atoms. The predicted molar refractivity (Wildman–Crippen MR) is 85.4 cm³/mol. The van der Waals surface area contributed by atoms with Crippen molar-refractivity contribution in [2.24, 2.45) is 0 Å². The van der Waals surface area contributed by atoms with E-state index in [1.54, 1.807) is 0 Å².